The fraction of sp³-hybridized carbons (Fsp3) is 0.556. The number of primary amides is 1. The zero-order valence-corrected chi connectivity index (χ0v) is 14.0. The first kappa shape index (κ1) is 17.3. The average Bonchev–Trinajstić information content (AvgIpc) is 2.59. The molecule has 0 unspecified atom stereocenters. The van der Waals surface area contributed by atoms with E-state index in [0.717, 1.165) is 17.7 Å². The Labute approximate surface area is 137 Å². The van der Waals surface area contributed by atoms with Crippen LogP contribution in [0.4, 0.5) is 0 Å². The van der Waals surface area contributed by atoms with E-state index in [-0.39, 0.29) is 11.8 Å². The number of amides is 2. The van der Waals surface area contributed by atoms with Crippen LogP contribution in [0.25, 0.3) is 0 Å². The SMILES string of the molecule is CCC1(C(N)=O)CCN(C(=O)CCc2cccc(OC)c2)CC1. The van der Waals surface area contributed by atoms with Crippen LogP contribution in [0, 0.1) is 5.41 Å². The quantitative estimate of drug-likeness (QED) is 0.873. The number of piperidine rings is 1. The molecule has 0 saturated carbocycles. The van der Waals surface area contributed by atoms with Gasteiger partial charge in [0, 0.05) is 19.5 Å². The summed E-state index contributed by atoms with van der Waals surface area (Å²) in [5, 5.41) is 0. The zero-order valence-electron chi connectivity index (χ0n) is 14.0. The Morgan fingerprint density at radius 2 is 2.00 bits per heavy atom. The predicted octanol–water partition coefficient (Wildman–Crippen LogP) is 2.13. The molecule has 5 heteroatoms. The third-order valence-corrected chi connectivity index (χ3v) is 5.03. The number of carbonyl (C=O) groups is 2. The lowest BCUT2D eigenvalue weighted by molar-refractivity contribution is -0.139. The molecule has 0 aliphatic carbocycles. The molecule has 0 spiro atoms. The first-order chi connectivity index (χ1) is 11.0. The Bertz CT molecular complexity index is 563. The van der Waals surface area contributed by atoms with Crippen molar-refractivity contribution in [2.75, 3.05) is 20.2 Å². The lowest BCUT2D eigenvalue weighted by Gasteiger charge is -2.39. The maximum atomic E-state index is 12.4. The number of ether oxygens (including phenoxy) is 1. The van der Waals surface area contributed by atoms with Gasteiger partial charge in [0.15, 0.2) is 0 Å². The van der Waals surface area contributed by atoms with Crippen molar-refractivity contribution in [1.82, 2.24) is 4.90 Å². The zero-order chi connectivity index (χ0) is 16.9. The maximum Gasteiger partial charge on any atom is 0.223 e. The van der Waals surface area contributed by atoms with Gasteiger partial charge in [0.1, 0.15) is 5.75 Å². The predicted molar refractivity (Wildman–Crippen MR) is 89.0 cm³/mol. The lowest BCUT2D eigenvalue weighted by Crippen LogP contribution is -2.48. The van der Waals surface area contributed by atoms with Crippen molar-refractivity contribution in [3.63, 3.8) is 0 Å². The van der Waals surface area contributed by atoms with Crippen molar-refractivity contribution < 1.29 is 14.3 Å². The smallest absolute Gasteiger partial charge is 0.223 e. The molecule has 23 heavy (non-hydrogen) atoms. The number of aryl methyl sites for hydroxylation is 1. The highest BCUT2D eigenvalue weighted by molar-refractivity contribution is 5.82. The van der Waals surface area contributed by atoms with Crippen molar-refractivity contribution in [2.24, 2.45) is 11.1 Å². The van der Waals surface area contributed by atoms with E-state index >= 15 is 0 Å². The van der Waals surface area contributed by atoms with Gasteiger partial charge in [0.2, 0.25) is 11.8 Å². The summed E-state index contributed by atoms with van der Waals surface area (Å²) < 4.78 is 5.20. The summed E-state index contributed by atoms with van der Waals surface area (Å²) in [6.07, 6.45) is 3.26. The Kier molecular flexibility index (Phi) is 5.64. The van der Waals surface area contributed by atoms with E-state index in [0.29, 0.717) is 38.8 Å². The molecule has 0 radical (unpaired) electrons. The number of carbonyl (C=O) groups excluding carboxylic acids is 2. The Hall–Kier alpha value is -2.04. The second-order valence-electron chi connectivity index (χ2n) is 6.23. The molecule has 1 aliphatic rings. The molecule has 1 aliphatic heterocycles. The molecule has 1 aromatic rings. The largest absolute Gasteiger partial charge is 0.497 e. The number of hydrogen-bond acceptors (Lipinski definition) is 3. The molecule has 2 N–H and O–H groups in total. The van der Waals surface area contributed by atoms with Gasteiger partial charge in [-0.05, 0) is 43.4 Å². The molecule has 0 bridgehead atoms. The summed E-state index contributed by atoms with van der Waals surface area (Å²) in [5.74, 6) is 0.715. The van der Waals surface area contributed by atoms with Crippen molar-refractivity contribution in [3.05, 3.63) is 29.8 Å². The van der Waals surface area contributed by atoms with Gasteiger partial charge >= 0.3 is 0 Å². The monoisotopic (exact) mass is 318 g/mol. The van der Waals surface area contributed by atoms with E-state index in [1.54, 1.807) is 7.11 Å². The molecule has 0 aromatic heterocycles. The molecule has 1 aromatic carbocycles. The van der Waals surface area contributed by atoms with E-state index in [2.05, 4.69) is 0 Å². The van der Waals surface area contributed by atoms with E-state index in [9.17, 15) is 9.59 Å². The number of likely N-dealkylation sites (tertiary alicyclic amines) is 1. The maximum absolute atomic E-state index is 12.4. The second-order valence-corrected chi connectivity index (χ2v) is 6.23. The third-order valence-electron chi connectivity index (χ3n) is 5.03. The van der Waals surface area contributed by atoms with Gasteiger partial charge in [0.25, 0.3) is 0 Å². The van der Waals surface area contributed by atoms with Gasteiger partial charge in [-0.15, -0.1) is 0 Å². The Balaban J connectivity index is 1.86. The molecule has 5 nitrogen and oxygen atoms in total. The molecule has 1 heterocycles. The van der Waals surface area contributed by atoms with Crippen LogP contribution in [0.1, 0.15) is 38.2 Å². The molecule has 2 amide bonds. The van der Waals surface area contributed by atoms with Gasteiger partial charge in [0.05, 0.1) is 12.5 Å². The van der Waals surface area contributed by atoms with Gasteiger partial charge in [-0.3, -0.25) is 9.59 Å². The van der Waals surface area contributed by atoms with Gasteiger partial charge < -0.3 is 15.4 Å². The molecule has 2 rings (SSSR count). The fourth-order valence-electron chi connectivity index (χ4n) is 3.20. The summed E-state index contributed by atoms with van der Waals surface area (Å²) in [5.41, 5.74) is 6.21. The van der Waals surface area contributed by atoms with Gasteiger partial charge in [-0.25, -0.2) is 0 Å². The highest BCUT2D eigenvalue weighted by atomic mass is 16.5. The van der Waals surface area contributed by atoms with Crippen molar-refractivity contribution in [3.8, 4) is 5.75 Å². The fourth-order valence-corrected chi connectivity index (χ4v) is 3.20. The number of methoxy groups -OCH3 is 1. The Morgan fingerprint density at radius 1 is 1.30 bits per heavy atom. The first-order valence-electron chi connectivity index (χ1n) is 8.21. The van der Waals surface area contributed by atoms with Crippen molar-refractivity contribution >= 4 is 11.8 Å². The minimum atomic E-state index is -0.427. The van der Waals surface area contributed by atoms with E-state index in [1.165, 1.54) is 0 Å². The average molecular weight is 318 g/mol. The summed E-state index contributed by atoms with van der Waals surface area (Å²) in [7, 11) is 1.64. The van der Waals surface area contributed by atoms with Crippen LogP contribution in [0.2, 0.25) is 0 Å². The number of nitrogens with zero attached hydrogens (tertiary/aromatic N) is 1. The van der Waals surface area contributed by atoms with Gasteiger partial charge in [-0.2, -0.15) is 0 Å². The van der Waals surface area contributed by atoms with Crippen molar-refractivity contribution in [2.45, 2.75) is 39.0 Å². The summed E-state index contributed by atoms with van der Waals surface area (Å²) >= 11 is 0. The topological polar surface area (TPSA) is 72.6 Å². The summed E-state index contributed by atoms with van der Waals surface area (Å²) in [4.78, 5) is 25.9. The van der Waals surface area contributed by atoms with E-state index < -0.39 is 5.41 Å². The van der Waals surface area contributed by atoms with Crippen LogP contribution in [0.3, 0.4) is 0 Å². The standard InChI is InChI=1S/C18H26N2O3/c1-3-18(17(19)22)9-11-20(12-10-18)16(21)8-7-14-5-4-6-15(13-14)23-2/h4-6,13H,3,7-12H2,1-2H3,(H2,19,22). The first-order valence-corrected chi connectivity index (χ1v) is 8.21. The minimum Gasteiger partial charge on any atom is -0.497 e. The second kappa shape index (κ2) is 7.49. The van der Waals surface area contributed by atoms with Crippen LogP contribution in [0.15, 0.2) is 24.3 Å². The normalized spacial score (nSPS) is 16.9. The summed E-state index contributed by atoms with van der Waals surface area (Å²) in [6, 6.07) is 7.78. The molecular formula is C18H26N2O3. The molecule has 126 valence electrons. The van der Waals surface area contributed by atoms with Crippen LogP contribution >= 0.6 is 0 Å². The highest BCUT2D eigenvalue weighted by Crippen LogP contribution is 2.34. The number of nitrogens with two attached hydrogens (primary N) is 1. The Morgan fingerprint density at radius 3 is 2.57 bits per heavy atom. The number of hydrogen-bond donors (Lipinski definition) is 1. The molecule has 0 atom stereocenters. The van der Waals surface area contributed by atoms with Crippen LogP contribution in [-0.4, -0.2) is 36.9 Å². The summed E-state index contributed by atoms with van der Waals surface area (Å²) in [6.45, 7) is 3.23. The van der Waals surface area contributed by atoms with Crippen molar-refractivity contribution in [1.29, 1.82) is 0 Å². The number of benzene rings is 1. The van der Waals surface area contributed by atoms with Gasteiger partial charge in [-0.1, -0.05) is 19.1 Å². The lowest BCUT2D eigenvalue weighted by atomic mass is 9.75. The highest BCUT2D eigenvalue weighted by Gasteiger charge is 2.39. The van der Waals surface area contributed by atoms with E-state index in [4.69, 9.17) is 10.5 Å². The molecular weight excluding hydrogens is 292 g/mol. The number of rotatable bonds is 6. The van der Waals surface area contributed by atoms with Crippen LogP contribution in [-0.2, 0) is 16.0 Å². The van der Waals surface area contributed by atoms with Crippen LogP contribution < -0.4 is 10.5 Å². The van der Waals surface area contributed by atoms with Crippen LogP contribution in [0.5, 0.6) is 5.75 Å². The molecule has 1 fully saturated rings. The molecule has 1 saturated heterocycles. The minimum absolute atomic E-state index is 0.141. The van der Waals surface area contributed by atoms with E-state index in [1.807, 2.05) is 36.1 Å². The third kappa shape index (κ3) is 4.03.